The number of hydrogen-bond acceptors (Lipinski definition) is 8. The van der Waals surface area contributed by atoms with Crippen LogP contribution >= 0.6 is 34.4 Å². The normalized spacial score (nSPS) is 11.3. The number of thiophene rings is 2. The Morgan fingerprint density at radius 3 is 2.76 bits per heavy atom. The van der Waals surface area contributed by atoms with Gasteiger partial charge in [-0.2, -0.15) is 4.98 Å². The zero-order chi connectivity index (χ0) is 19.8. The van der Waals surface area contributed by atoms with Gasteiger partial charge in [0, 0.05) is 28.4 Å². The fourth-order valence-corrected chi connectivity index (χ4v) is 5.55. The molecule has 0 saturated carbocycles. The van der Waals surface area contributed by atoms with Crippen LogP contribution in [0.15, 0.2) is 67.7 Å². The van der Waals surface area contributed by atoms with Gasteiger partial charge in [0.05, 0.1) is 11.1 Å². The summed E-state index contributed by atoms with van der Waals surface area (Å²) < 4.78 is 6.94. The van der Waals surface area contributed by atoms with E-state index in [1.165, 1.54) is 23.1 Å². The summed E-state index contributed by atoms with van der Waals surface area (Å²) >= 11 is 4.53. The van der Waals surface area contributed by atoms with Crippen LogP contribution in [0.4, 0.5) is 0 Å². The average Bonchev–Trinajstić information content (AvgIpc) is 3.50. The molecule has 6 nitrogen and oxygen atoms in total. The summed E-state index contributed by atoms with van der Waals surface area (Å²) in [6.07, 6.45) is 0. The molecule has 5 aromatic rings. The van der Waals surface area contributed by atoms with Gasteiger partial charge in [0.1, 0.15) is 4.83 Å². The first-order chi connectivity index (χ1) is 14.2. The smallest absolute Gasteiger partial charge is 0.263 e. The Morgan fingerprint density at radius 2 is 1.97 bits per heavy atom. The molecule has 4 aromatic heterocycles. The lowest BCUT2D eigenvalue weighted by atomic mass is 10.2. The van der Waals surface area contributed by atoms with Gasteiger partial charge >= 0.3 is 0 Å². The second-order valence-electron chi connectivity index (χ2n) is 6.24. The summed E-state index contributed by atoms with van der Waals surface area (Å²) in [5, 5.41) is 9.36. The largest absolute Gasteiger partial charge is 0.334 e. The fourth-order valence-electron chi connectivity index (χ4n) is 2.94. The van der Waals surface area contributed by atoms with E-state index >= 15 is 0 Å². The third-order valence-electron chi connectivity index (χ3n) is 4.38. The molecule has 5 rings (SSSR count). The first-order valence-electron chi connectivity index (χ1n) is 8.73. The van der Waals surface area contributed by atoms with Crippen molar-refractivity contribution in [2.24, 2.45) is 7.05 Å². The van der Waals surface area contributed by atoms with Gasteiger partial charge in [-0.25, -0.2) is 4.98 Å². The van der Waals surface area contributed by atoms with Crippen molar-refractivity contribution in [3.05, 3.63) is 69.4 Å². The van der Waals surface area contributed by atoms with E-state index in [1.807, 2.05) is 53.2 Å². The van der Waals surface area contributed by atoms with Gasteiger partial charge in [0.15, 0.2) is 11.0 Å². The molecule has 0 aliphatic rings. The molecule has 0 radical (unpaired) electrons. The van der Waals surface area contributed by atoms with Gasteiger partial charge < -0.3 is 4.52 Å². The predicted octanol–water partition coefficient (Wildman–Crippen LogP) is 5.07. The molecule has 1 aromatic carbocycles. The summed E-state index contributed by atoms with van der Waals surface area (Å²) in [5.41, 5.74) is 1.79. The van der Waals surface area contributed by atoms with Crippen LogP contribution in [-0.4, -0.2) is 19.7 Å². The molecule has 0 unspecified atom stereocenters. The van der Waals surface area contributed by atoms with Gasteiger partial charge in [-0.1, -0.05) is 41.2 Å². The zero-order valence-electron chi connectivity index (χ0n) is 15.2. The van der Waals surface area contributed by atoms with Crippen LogP contribution in [0, 0.1) is 0 Å². The quantitative estimate of drug-likeness (QED) is 0.282. The highest BCUT2D eigenvalue weighted by molar-refractivity contribution is 7.98. The van der Waals surface area contributed by atoms with Gasteiger partial charge in [0.2, 0.25) is 0 Å². The van der Waals surface area contributed by atoms with Crippen molar-refractivity contribution in [1.29, 1.82) is 0 Å². The molecule has 0 aliphatic heterocycles. The predicted molar refractivity (Wildman–Crippen MR) is 117 cm³/mol. The van der Waals surface area contributed by atoms with E-state index in [2.05, 4.69) is 10.1 Å². The van der Waals surface area contributed by atoms with Crippen LogP contribution in [0.3, 0.4) is 0 Å². The number of hydrogen-bond donors (Lipinski definition) is 0. The van der Waals surface area contributed by atoms with Gasteiger partial charge in [-0.3, -0.25) is 9.36 Å². The Morgan fingerprint density at radius 1 is 1.10 bits per heavy atom. The molecule has 0 fully saturated rings. The Hall–Kier alpha value is -2.75. The van der Waals surface area contributed by atoms with Gasteiger partial charge in [-0.15, -0.1) is 22.7 Å². The summed E-state index contributed by atoms with van der Waals surface area (Å²) in [6, 6.07) is 13.6. The standard InChI is InChI=1S/C20H14N4O2S3/c1-24-19(25)16-13(14-8-5-9-27-14)10-28-18(16)22-20(24)29-11-15-21-17(26-23-15)12-6-3-2-4-7-12/h2-10H,11H2,1H3. The summed E-state index contributed by atoms with van der Waals surface area (Å²) in [5.74, 6) is 1.51. The molecule has 0 saturated heterocycles. The van der Waals surface area contributed by atoms with Crippen molar-refractivity contribution in [2.75, 3.05) is 0 Å². The van der Waals surface area contributed by atoms with E-state index in [9.17, 15) is 4.79 Å². The molecule has 29 heavy (non-hydrogen) atoms. The van der Waals surface area contributed by atoms with Gasteiger partial charge in [-0.05, 0) is 23.6 Å². The first kappa shape index (κ1) is 18.3. The maximum Gasteiger partial charge on any atom is 0.263 e. The second-order valence-corrected chi connectivity index (χ2v) is 8.98. The number of rotatable bonds is 5. The van der Waals surface area contributed by atoms with Crippen molar-refractivity contribution < 1.29 is 4.52 Å². The maximum atomic E-state index is 13.0. The van der Waals surface area contributed by atoms with E-state index < -0.39 is 0 Å². The molecular weight excluding hydrogens is 424 g/mol. The number of thioether (sulfide) groups is 1. The minimum absolute atomic E-state index is 0.0414. The Bertz CT molecular complexity index is 1340. The SMILES string of the molecule is Cn1c(SCc2noc(-c3ccccc3)n2)nc2scc(-c3cccs3)c2c1=O. The number of fused-ring (bicyclic) bond motifs is 1. The molecule has 9 heteroatoms. The van der Waals surface area contributed by atoms with Crippen LogP contribution in [0.2, 0.25) is 0 Å². The lowest BCUT2D eigenvalue weighted by Gasteiger charge is -2.06. The Labute approximate surface area is 177 Å². The average molecular weight is 439 g/mol. The topological polar surface area (TPSA) is 73.8 Å². The highest BCUT2D eigenvalue weighted by Gasteiger charge is 2.17. The van der Waals surface area contributed by atoms with Crippen molar-refractivity contribution in [2.45, 2.75) is 10.9 Å². The Kier molecular flexibility index (Phi) is 4.78. The van der Waals surface area contributed by atoms with Crippen LogP contribution in [0.1, 0.15) is 5.82 Å². The zero-order valence-corrected chi connectivity index (χ0v) is 17.7. The number of benzene rings is 1. The van der Waals surface area contributed by atoms with E-state index in [-0.39, 0.29) is 5.56 Å². The minimum Gasteiger partial charge on any atom is -0.334 e. The molecule has 0 aliphatic carbocycles. The molecule has 144 valence electrons. The lowest BCUT2D eigenvalue weighted by molar-refractivity contribution is 0.425. The number of aromatic nitrogens is 4. The Balaban J connectivity index is 1.42. The summed E-state index contributed by atoms with van der Waals surface area (Å²) in [6.45, 7) is 0. The van der Waals surface area contributed by atoms with Crippen LogP contribution in [0.25, 0.3) is 32.1 Å². The van der Waals surface area contributed by atoms with E-state index in [1.54, 1.807) is 23.0 Å². The van der Waals surface area contributed by atoms with Crippen molar-refractivity contribution >= 4 is 44.7 Å². The monoisotopic (exact) mass is 438 g/mol. The molecule has 0 N–H and O–H groups in total. The molecular formula is C20H14N4O2S3. The van der Waals surface area contributed by atoms with E-state index in [0.29, 0.717) is 28.0 Å². The minimum atomic E-state index is -0.0414. The van der Waals surface area contributed by atoms with Crippen molar-refractivity contribution in [3.63, 3.8) is 0 Å². The second kappa shape index (κ2) is 7.58. The molecule has 0 bridgehead atoms. The maximum absolute atomic E-state index is 13.0. The van der Waals surface area contributed by atoms with Crippen molar-refractivity contribution in [3.8, 4) is 21.9 Å². The molecule has 0 amide bonds. The molecule has 0 atom stereocenters. The van der Waals surface area contributed by atoms with E-state index in [4.69, 9.17) is 9.51 Å². The number of nitrogens with zero attached hydrogens (tertiary/aromatic N) is 4. The van der Waals surface area contributed by atoms with Crippen LogP contribution in [-0.2, 0) is 12.8 Å². The third kappa shape index (κ3) is 3.41. The lowest BCUT2D eigenvalue weighted by Crippen LogP contribution is -2.19. The summed E-state index contributed by atoms with van der Waals surface area (Å²) in [7, 11) is 1.75. The third-order valence-corrected chi connectivity index (χ3v) is 7.18. The first-order valence-corrected chi connectivity index (χ1v) is 11.5. The molecule has 4 heterocycles. The van der Waals surface area contributed by atoms with Crippen LogP contribution < -0.4 is 5.56 Å². The molecule has 0 spiro atoms. The summed E-state index contributed by atoms with van der Waals surface area (Å²) in [4.78, 5) is 24.0. The fraction of sp³-hybridized carbons (Fsp3) is 0.100. The van der Waals surface area contributed by atoms with Crippen LogP contribution in [0.5, 0.6) is 0 Å². The van der Waals surface area contributed by atoms with Gasteiger partial charge in [0.25, 0.3) is 11.4 Å². The van der Waals surface area contributed by atoms with E-state index in [0.717, 1.165) is 20.8 Å². The highest BCUT2D eigenvalue weighted by Crippen LogP contribution is 2.34. The highest BCUT2D eigenvalue weighted by atomic mass is 32.2. The van der Waals surface area contributed by atoms with Crippen molar-refractivity contribution in [1.82, 2.24) is 19.7 Å².